The minimum absolute atomic E-state index is 0.0240. The van der Waals surface area contributed by atoms with E-state index in [1.54, 1.807) is 0 Å². The average Bonchev–Trinajstić information content (AvgIpc) is 2.95. The van der Waals surface area contributed by atoms with Crippen LogP contribution in [0.4, 0.5) is 13.9 Å². The highest BCUT2D eigenvalue weighted by molar-refractivity contribution is 7.10. The van der Waals surface area contributed by atoms with E-state index >= 15 is 0 Å². The van der Waals surface area contributed by atoms with Crippen LogP contribution in [0.25, 0.3) is 11.4 Å². The van der Waals surface area contributed by atoms with Crippen LogP contribution in [0, 0.1) is 0 Å². The van der Waals surface area contributed by atoms with Gasteiger partial charge in [0.15, 0.2) is 5.82 Å². The molecule has 128 valence electrons. The summed E-state index contributed by atoms with van der Waals surface area (Å²) in [5.41, 5.74) is 0.583. The second-order valence-electron chi connectivity index (χ2n) is 4.62. The smallest absolute Gasteiger partial charge is 0.387 e. The summed E-state index contributed by atoms with van der Waals surface area (Å²) in [6, 6.07) is 5.79. The quantitative estimate of drug-likeness (QED) is 0.753. The minimum atomic E-state index is -2.89. The third-order valence-corrected chi connectivity index (χ3v) is 3.44. The number of aromatic nitrogens is 2. The Morgan fingerprint density at radius 2 is 1.96 bits per heavy atom. The van der Waals surface area contributed by atoms with Crippen molar-refractivity contribution >= 4 is 28.5 Å². The molecule has 0 saturated heterocycles. The van der Waals surface area contributed by atoms with Gasteiger partial charge in [0.05, 0.1) is 0 Å². The van der Waals surface area contributed by atoms with Crippen molar-refractivity contribution in [1.29, 1.82) is 0 Å². The molecule has 0 atom stereocenters. The lowest BCUT2D eigenvalue weighted by molar-refractivity contribution is -0.137. The number of carboxylic acid groups (broad SMARTS) is 1. The van der Waals surface area contributed by atoms with Gasteiger partial charge in [-0.1, -0.05) is 0 Å². The van der Waals surface area contributed by atoms with Crippen LogP contribution < -0.4 is 10.1 Å². The maximum absolute atomic E-state index is 12.1. The Kier molecular flexibility index (Phi) is 6.13. The van der Waals surface area contributed by atoms with Gasteiger partial charge in [-0.3, -0.25) is 9.59 Å². The first kappa shape index (κ1) is 17.7. The number of nitrogens with one attached hydrogen (secondary N) is 1. The van der Waals surface area contributed by atoms with Crippen molar-refractivity contribution in [2.45, 2.75) is 25.9 Å². The Labute approximate surface area is 139 Å². The highest BCUT2D eigenvalue weighted by Gasteiger charge is 2.11. The number of benzene rings is 1. The third kappa shape index (κ3) is 5.54. The van der Waals surface area contributed by atoms with Crippen LogP contribution in [0.15, 0.2) is 24.3 Å². The molecule has 1 aromatic heterocycles. The molecule has 0 bridgehead atoms. The molecule has 0 fully saturated rings. The van der Waals surface area contributed by atoms with Crippen LogP contribution in [0.1, 0.15) is 19.3 Å². The van der Waals surface area contributed by atoms with Crippen molar-refractivity contribution in [3.05, 3.63) is 24.3 Å². The first-order chi connectivity index (χ1) is 11.4. The van der Waals surface area contributed by atoms with Gasteiger partial charge in [0, 0.05) is 29.9 Å². The Morgan fingerprint density at radius 3 is 2.58 bits per heavy atom. The minimum Gasteiger partial charge on any atom is -0.481 e. The molecule has 0 spiro atoms. The molecule has 0 saturated carbocycles. The number of halogens is 2. The van der Waals surface area contributed by atoms with E-state index in [2.05, 4.69) is 19.4 Å². The molecule has 10 heteroatoms. The number of hydrogen-bond donors (Lipinski definition) is 2. The van der Waals surface area contributed by atoms with Crippen LogP contribution in [-0.2, 0) is 9.59 Å². The Balaban J connectivity index is 1.92. The van der Waals surface area contributed by atoms with Gasteiger partial charge in [0.1, 0.15) is 5.75 Å². The number of amides is 1. The van der Waals surface area contributed by atoms with Gasteiger partial charge in [-0.2, -0.15) is 18.1 Å². The number of rotatable bonds is 8. The second kappa shape index (κ2) is 8.29. The number of aliphatic carboxylic acids is 1. The van der Waals surface area contributed by atoms with Crippen molar-refractivity contribution in [3.8, 4) is 17.1 Å². The lowest BCUT2D eigenvalue weighted by atomic mass is 10.2. The predicted octanol–water partition coefficient (Wildman–Crippen LogP) is 3.00. The summed E-state index contributed by atoms with van der Waals surface area (Å²) in [5.74, 6) is -0.944. The van der Waals surface area contributed by atoms with Crippen molar-refractivity contribution in [3.63, 3.8) is 0 Å². The van der Waals surface area contributed by atoms with E-state index in [0.717, 1.165) is 11.5 Å². The highest BCUT2D eigenvalue weighted by atomic mass is 32.1. The van der Waals surface area contributed by atoms with E-state index in [0.29, 0.717) is 11.4 Å². The molecule has 0 unspecified atom stereocenters. The summed E-state index contributed by atoms with van der Waals surface area (Å²) in [6.07, 6.45) is 0.223. The monoisotopic (exact) mass is 357 g/mol. The molecule has 2 rings (SSSR count). The number of carbonyl (C=O) groups excluding carboxylic acids is 1. The lowest BCUT2D eigenvalue weighted by Crippen LogP contribution is -2.11. The van der Waals surface area contributed by atoms with E-state index in [1.807, 2.05) is 0 Å². The fourth-order valence-electron chi connectivity index (χ4n) is 1.76. The molecule has 2 aromatic rings. The van der Waals surface area contributed by atoms with Crippen molar-refractivity contribution < 1.29 is 28.2 Å². The fraction of sp³-hybridized carbons (Fsp3) is 0.286. The molecule has 24 heavy (non-hydrogen) atoms. The summed E-state index contributed by atoms with van der Waals surface area (Å²) in [5, 5.41) is 11.3. The van der Waals surface area contributed by atoms with E-state index < -0.39 is 12.6 Å². The molecule has 2 N–H and O–H groups in total. The van der Waals surface area contributed by atoms with Gasteiger partial charge in [-0.25, -0.2) is 0 Å². The fourth-order valence-corrected chi connectivity index (χ4v) is 2.36. The lowest BCUT2D eigenvalue weighted by Gasteiger charge is -2.04. The molecule has 0 aliphatic rings. The number of nitrogens with zero attached hydrogens (tertiary/aromatic N) is 2. The summed E-state index contributed by atoms with van der Waals surface area (Å²) < 4.78 is 32.5. The number of ether oxygens (including phenoxy) is 1. The second-order valence-corrected chi connectivity index (χ2v) is 5.37. The summed E-state index contributed by atoms with van der Waals surface area (Å²) in [4.78, 5) is 26.1. The zero-order chi connectivity index (χ0) is 17.5. The molecular weight excluding hydrogens is 344 g/mol. The molecule has 1 heterocycles. The van der Waals surface area contributed by atoms with E-state index in [4.69, 9.17) is 5.11 Å². The van der Waals surface area contributed by atoms with Gasteiger partial charge in [0.25, 0.3) is 0 Å². The number of anilines is 1. The standard InChI is InChI=1S/C14H13F2N3O4S/c15-13(16)23-9-6-4-8(5-7-9)12-18-14(24-19-12)17-10(20)2-1-3-11(21)22/h4-7,13H,1-3H2,(H,21,22)(H,17,18,19,20). The first-order valence-electron chi connectivity index (χ1n) is 6.84. The molecular formula is C14H13F2N3O4S. The number of carbonyl (C=O) groups is 2. The van der Waals surface area contributed by atoms with Crippen LogP contribution in [0.2, 0.25) is 0 Å². The topological polar surface area (TPSA) is 101 Å². The first-order valence-corrected chi connectivity index (χ1v) is 7.62. The Morgan fingerprint density at radius 1 is 1.25 bits per heavy atom. The van der Waals surface area contributed by atoms with Crippen molar-refractivity contribution in [2.75, 3.05) is 5.32 Å². The van der Waals surface area contributed by atoms with Gasteiger partial charge in [0.2, 0.25) is 11.0 Å². The largest absolute Gasteiger partial charge is 0.481 e. The molecule has 7 nitrogen and oxygen atoms in total. The van der Waals surface area contributed by atoms with Crippen LogP contribution in [0.3, 0.4) is 0 Å². The number of alkyl halides is 2. The van der Waals surface area contributed by atoms with E-state index in [9.17, 15) is 18.4 Å². The zero-order valence-corrected chi connectivity index (χ0v) is 13.1. The van der Waals surface area contributed by atoms with Crippen molar-refractivity contribution in [2.24, 2.45) is 0 Å². The Hall–Kier alpha value is -2.62. The molecule has 0 radical (unpaired) electrons. The van der Waals surface area contributed by atoms with Gasteiger partial charge in [-0.05, 0) is 30.7 Å². The number of carboxylic acids is 1. The SMILES string of the molecule is O=C(O)CCCC(=O)Nc1nc(-c2ccc(OC(F)F)cc2)ns1. The average molecular weight is 357 g/mol. The highest BCUT2D eigenvalue weighted by Crippen LogP contribution is 2.24. The van der Waals surface area contributed by atoms with E-state index in [-0.39, 0.29) is 36.1 Å². The third-order valence-electron chi connectivity index (χ3n) is 2.80. The molecule has 0 aliphatic carbocycles. The maximum Gasteiger partial charge on any atom is 0.387 e. The van der Waals surface area contributed by atoms with Crippen molar-refractivity contribution in [1.82, 2.24) is 9.36 Å². The van der Waals surface area contributed by atoms with E-state index in [1.165, 1.54) is 24.3 Å². The number of hydrogen-bond acceptors (Lipinski definition) is 6. The van der Waals surface area contributed by atoms with Gasteiger partial charge >= 0.3 is 12.6 Å². The van der Waals surface area contributed by atoms with Gasteiger partial charge < -0.3 is 15.2 Å². The van der Waals surface area contributed by atoms with Crippen LogP contribution in [0.5, 0.6) is 5.75 Å². The Bertz CT molecular complexity index is 706. The summed E-state index contributed by atoms with van der Waals surface area (Å²) >= 11 is 0.967. The van der Waals surface area contributed by atoms with Gasteiger partial charge in [-0.15, -0.1) is 0 Å². The summed E-state index contributed by atoms with van der Waals surface area (Å²) in [6.45, 7) is -2.89. The maximum atomic E-state index is 12.1. The molecule has 0 aliphatic heterocycles. The molecule has 1 amide bonds. The molecule has 1 aromatic carbocycles. The zero-order valence-electron chi connectivity index (χ0n) is 12.2. The normalized spacial score (nSPS) is 10.6. The predicted molar refractivity (Wildman–Crippen MR) is 82.1 cm³/mol. The van der Waals surface area contributed by atoms with Crippen LogP contribution in [-0.4, -0.2) is 33.0 Å². The van der Waals surface area contributed by atoms with Crippen LogP contribution >= 0.6 is 11.5 Å². The summed E-state index contributed by atoms with van der Waals surface area (Å²) in [7, 11) is 0.